The van der Waals surface area contributed by atoms with Gasteiger partial charge in [-0.3, -0.25) is 4.79 Å². The van der Waals surface area contributed by atoms with Gasteiger partial charge in [0.15, 0.2) is 10.8 Å². The second-order valence-electron chi connectivity index (χ2n) is 5.25. The number of anilines is 1. The Morgan fingerprint density at radius 1 is 1.28 bits per heavy atom. The van der Waals surface area contributed by atoms with Gasteiger partial charge in [-0.25, -0.2) is 4.79 Å². The van der Waals surface area contributed by atoms with Crippen molar-refractivity contribution in [2.24, 2.45) is 0 Å². The van der Waals surface area contributed by atoms with Crippen LogP contribution in [0.5, 0.6) is 5.75 Å². The lowest BCUT2D eigenvalue weighted by atomic mass is 10.2. The molecule has 0 saturated heterocycles. The number of esters is 1. The van der Waals surface area contributed by atoms with Gasteiger partial charge in [-0.2, -0.15) is 0 Å². The van der Waals surface area contributed by atoms with Crippen LogP contribution in [-0.4, -0.2) is 25.1 Å². The fourth-order valence-electron chi connectivity index (χ4n) is 1.99. The van der Waals surface area contributed by atoms with Gasteiger partial charge < -0.3 is 19.2 Å². The number of hydrogen-bond donors (Lipinski definition) is 1. The van der Waals surface area contributed by atoms with Crippen molar-refractivity contribution in [1.29, 1.82) is 0 Å². The molecule has 0 fully saturated rings. The zero-order chi connectivity index (χ0) is 18.4. The third-order valence-corrected chi connectivity index (χ3v) is 3.68. The molecular formula is C18H18BrNO5. The highest BCUT2D eigenvalue weighted by atomic mass is 79.9. The van der Waals surface area contributed by atoms with Gasteiger partial charge in [-0.15, -0.1) is 0 Å². The average Bonchev–Trinajstić information content (AvgIpc) is 2.98. The molecule has 1 atom stereocenters. The Hall–Kier alpha value is -2.54. The van der Waals surface area contributed by atoms with Crippen molar-refractivity contribution in [2.75, 3.05) is 12.4 Å². The summed E-state index contributed by atoms with van der Waals surface area (Å²) < 4.78 is 16.1. The summed E-state index contributed by atoms with van der Waals surface area (Å²) in [6.45, 7) is 3.39. The van der Waals surface area contributed by atoms with Crippen LogP contribution in [0.3, 0.4) is 0 Å². The summed E-state index contributed by atoms with van der Waals surface area (Å²) in [7, 11) is 1.52. The van der Waals surface area contributed by atoms with E-state index in [1.54, 1.807) is 24.3 Å². The van der Waals surface area contributed by atoms with Crippen LogP contribution in [0.1, 0.15) is 18.2 Å². The Kier molecular flexibility index (Phi) is 6.41. The summed E-state index contributed by atoms with van der Waals surface area (Å²) in [6, 6.07) is 8.80. The maximum atomic E-state index is 12.2. The zero-order valence-electron chi connectivity index (χ0n) is 14.0. The number of carbonyl (C=O) groups excluding carboxylic acids is 2. The van der Waals surface area contributed by atoms with E-state index in [4.69, 9.17) is 13.9 Å². The molecule has 132 valence electrons. The summed E-state index contributed by atoms with van der Waals surface area (Å²) in [4.78, 5) is 24.0. The van der Waals surface area contributed by atoms with E-state index in [0.29, 0.717) is 21.9 Å². The van der Waals surface area contributed by atoms with E-state index >= 15 is 0 Å². The molecule has 0 aliphatic heterocycles. The molecule has 0 radical (unpaired) electrons. The van der Waals surface area contributed by atoms with Crippen molar-refractivity contribution in [3.63, 3.8) is 0 Å². The minimum Gasteiger partial charge on any atom is -0.495 e. The van der Waals surface area contributed by atoms with Gasteiger partial charge in [0.2, 0.25) is 0 Å². The van der Waals surface area contributed by atoms with Crippen LogP contribution < -0.4 is 10.1 Å². The molecule has 1 N–H and O–H groups in total. The standard InChI is InChI=1S/C18H18BrNO5/c1-11-4-7-15(23-3)14(10-11)20-18(22)12(2)24-17(21)9-6-13-5-8-16(19)25-13/h4-10,12H,1-3H3,(H,20,22)/b9-6+. The topological polar surface area (TPSA) is 77.8 Å². The molecule has 1 amide bonds. The highest BCUT2D eigenvalue weighted by Crippen LogP contribution is 2.25. The van der Waals surface area contributed by atoms with Crippen molar-refractivity contribution < 1.29 is 23.5 Å². The first kappa shape index (κ1) is 18.8. The molecule has 0 spiro atoms. The van der Waals surface area contributed by atoms with E-state index in [2.05, 4.69) is 21.2 Å². The first-order valence-corrected chi connectivity index (χ1v) is 8.28. The number of aryl methyl sites for hydroxylation is 1. The Bertz CT molecular complexity index is 797. The second-order valence-corrected chi connectivity index (χ2v) is 6.03. The summed E-state index contributed by atoms with van der Waals surface area (Å²) >= 11 is 3.17. The zero-order valence-corrected chi connectivity index (χ0v) is 15.6. The number of furan rings is 1. The fraction of sp³-hybridized carbons (Fsp3) is 0.222. The Morgan fingerprint density at radius 2 is 2.04 bits per heavy atom. The molecule has 1 aromatic heterocycles. The van der Waals surface area contributed by atoms with E-state index in [1.165, 1.54) is 26.2 Å². The SMILES string of the molecule is COc1ccc(C)cc1NC(=O)C(C)OC(=O)/C=C/c1ccc(Br)o1. The predicted molar refractivity (Wildman–Crippen MR) is 97.4 cm³/mol. The van der Waals surface area contributed by atoms with Crippen LogP contribution >= 0.6 is 15.9 Å². The van der Waals surface area contributed by atoms with E-state index in [1.807, 2.05) is 13.0 Å². The van der Waals surface area contributed by atoms with Gasteiger partial charge >= 0.3 is 5.97 Å². The van der Waals surface area contributed by atoms with Crippen molar-refractivity contribution in [3.8, 4) is 5.75 Å². The molecule has 1 unspecified atom stereocenters. The van der Waals surface area contributed by atoms with Gasteiger partial charge in [0.1, 0.15) is 11.5 Å². The smallest absolute Gasteiger partial charge is 0.331 e. The quantitative estimate of drug-likeness (QED) is 0.579. The number of carbonyl (C=O) groups is 2. The molecule has 0 saturated carbocycles. The Balaban J connectivity index is 1.94. The molecule has 1 aromatic carbocycles. The highest BCUT2D eigenvalue weighted by Gasteiger charge is 2.18. The lowest BCUT2D eigenvalue weighted by Gasteiger charge is -2.15. The van der Waals surface area contributed by atoms with Gasteiger partial charge in [-0.1, -0.05) is 6.07 Å². The Morgan fingerprint density at radius 3 is 2.68 bits per heavy atom. The molecular weight excluding hydrogens is 390 g/mol. The average molecular weight is 408 g/mol. The predicted octanol–water partition coefficient (Wildman–Crippen LogP) is 3.94. The van der Waals surface area contributed by atoms with Crippen LogP contribution in [0, 0.1) is 6.92 Å². The lowest BCUT2D eigenvalue weighted by molar-refractivity contribution is -0.148. The van der Waals surface area contributed by atoms with Gasteiger partial charge in [0.25, 0.3) is 5.91 Å². The van der Waals surface area contributed by atoms with E-state index in [0.717, 1.165) is 5.56 Å². The first-order valence-electron chi connectivity index (χ1n) is 7.48. The Labute approximate surface area is 153 Å². The van der Waals surface area contributed by atoms with Crippen molar-refractivity contribution in [2.45, 2.75) is 20.0 Å². The van der Waals surface area contributed by atoms with Crippen LogP contribution in [0.4, 0.5) is 5.69 Å². The van der Waals surface area contributed by atoms with E-state index in [9.17, 15) is 9.59 Å². The van der Waals surface area contributed by atoms with Gasteiger partial charge in [-0.05, 0) is 65.7 Å². The third-order valence-electron chi connectivity index (χ3n) is 3.25. The summed E-state index contributed by atoms with van der Waals surface area (Å²) in [5.74, 6) is -0.0797. The second kappa shape index (κ2) is 8.53. The number of rotatable bonds is 6. The number of halogens is 1. The van der Waals surface area contributed by atoms with Gasteiger partial charge in [0.05, 0.1) is 12.8 Å². The van der Waals surface area contributed by atoms with Gasteiger partial charge in [0, 0.05) is 6.08 Å². The number of methoxy groups -OCH3 is 1. The van der Waals surface area contributed by atoms with Crippen molar-refractivity contribution in [1.82, 2.24) is 0 Å². The minimum atomic E-state index is -0.967. The maximum Gasteiger partial charge on any atom is 0.331 e. The molecule has 1 heterocycles. The normalized spacial score (nSPS) is 12.0. The van der Waals surface area contributed by atoms with E-state index < -0.39 is 18.0 Å². The molecule has 0 aliphatic rings. The molecule has 7 heteroatoms. The van der Waals surface area contributed by atoms with Crippen LogP contribution in [0.15, 0.2) is 45.5 Å². The molecule has 2 aromatic rings. The molecule has 2 rings (SSSR count). The number of benzene rings is 1. The van der Waals surface area contributed by atoms with Crippen LogP contribution in [-0.2, 0) is 14.3 Å². The number of hydrogen-bond acceptors (Lipinski definition) is 5. The van der Waals surface area contributed by atoms with E-state index in [-0.39, 0.29) is 0 Å². The number of amides is 1. The molecule has 6 nitrogen and oxygen atoms in total. The summed E-state index contributed by atoms with van der Waals surface area (Å²) in [5, 5.41) is 2.69. The fourth-order valence-corrected chi connectivity index (χ4v) is 2.31. The lowest BCUT2D eigenvalue weighted by Crippen LogP contribution is -2.29. The monoisotopic (exact) mass is 407 g/mol. The maximum absolute atomic E-state index is 12.2. The summed E-state index contributed by atoms with van der Waals surface area (Å²) in [5.41, 5.74) is 1.49. The van der Waals surface area contributed by atoms with Crippen molar-refractivity contribution >= 4 is 39.6 Å². The first-order chi connectivity index (χ1) is 11.9. The van der Waals surface area contributed by atoms with Crippen LogP contribution in [0.25, 0.3) is 6.08 Å². The minimum absolute atomic E-state index is 0.452. The summed E-state index contributed by atoms with van der Waals surface area (Å²) in [6.07, 6.45) is 1.69. The molecule has 0 aliphatic carbocycles. The number of nitrogens with one attached hydrogen (secondary N) is 1. The highest BCUT2D eigenvalue weighted by molar-refractivity contribution is 9.10. The number of ether oxygens (including phenoxy) is 2. The third kappa shape index (κ3) is 5.49. The van der Waals surface area contributed by atoms with Crippen LogP contribution in [0.2, 0.25) is 0 Å². The molecule has 0 bridgehead atoms. The molecule has 25 heavy (non-hydrogen) atoms. The largest absolute Gasteiger partial charge is 0.495 e. The van der Waals surface area contributed by atoms with Crippen molar-refractivity contribution in [3.05, 3.63) is 52.4 Å².